The van der Waals surface area contributed by atoms with E-state index < -0.39 is 5.97 Å². The normalized spacial score (nSPS) is 10.6. The molecule has 0 bridgehead atoms. The number of carboxylic acid groups (broad SMARTS) is 1. The molecule has 0 unspecified atom stereocenters. The predicted octanol–water partition coefficient (Wildman–Crippen LogP) is 3.09. The van der Waals surface area contributed by atoms with Gasteiger partial charge in [0.2, 0.25) is 5.76 Å². The number of hydrogen-bond acceptors (Lipinski definition) is 4. The first-order chi connectivity index (χ1) is 8.16. The highest BCUT2D eigenvalue weighted by Crippen LogP contribution is 2.19. The summed E-state index contributed by atoms with van der Waals surface area (Å²) in [5, 5.41) is 14.0. The lowest BCUT2D eigenvalue weighted by Crippen LogP contribution is -2.13. The van der Waals surface area contributed by atoms with E-state index in [1.165, 1.54) is 11.1 Å². The molecule has 0 amide bonds. The Morgan fingerprint density at radius 1 is 1.53 bits per heavy atom. The standard InChI is InChI=1S/C11H10BrNO3S/c12-8-3-9(17-6-8)5-13-4-7-1-2-16-10(7)11(14)15/h1-3,6,13H,4-5H2,(H,14,15). The Balaban J connectivity index is 1.90. The number of nitrogens with one attached hydrogen (secondary N) is 1. The number of carboxylic acids is 1. The summed E-state index contributed by atoms with van der Waals surface area (Å²) in [7, 11) is 0. The maximum Gasteiger partial charge on any atom is 0.372 e. The largest absolute Gasteiger partial charge is 0.475 e. The molecule has 6 heteroatoms. The van der Waals surface area contributed by atoms with E-state index in [4.69, 9.17) is 9.52 Å². The summed E-state index contributed by atoms with van der Waals surface area (Å²) < 4.78 is 5.95. The number of furan rings is 1. The minimum Gasteiger partial charge on any atom is -0.475 e. The van der Waals surface area contributed by atoms with Gasteiger partial charge < -0.3 is 14.8 Å². The van der Waals surface area contributed by atoms with Gasteiger partial charge in [-0.15, -0.1) is 11.3 Å². The summed E-state index contributed by atoms with van der Waals surface area (Å²) in [5.74, 6) is -1.03. The molecular formula is C11H10BrNO3S. The second-order valence-electron chi connectivity index (χ2n) is 3.41. The van der Waals surface area contributed by atoms with Gasteiger partial charge >= 0.3 is 5.97 Å². The van der Waals surface area contributed by atoms with E-state index in [1.54, 1.807) is 17.4 Å². The number of hydrogen-bond donors (Lipinski definition) is 2. The second-order valence-corrected chi connectivity index (χ2v) is 5.33. The van der Waals surface area contributed by atoms with Crippen LogP contribution in [-0.2, 0) is 13.1 Å². The molecule has 2 aromatic rings. The molecule has 0 aliphatic heterocycles. The number of thiophene rings is 1. The predicted molar refractivity (Wildman–Crippen MR) is 68.2 cm³/mol. The Kier molecular flexibility index (Phi) is 3.98. The summed E-state index contributed by atoms with van der Waals surface area (Å²) in [6.45, 7) is 1.19. The van der Waals surface area contributed by atoms with Crippen LogP contribution in [0.25, 0.3) is 0 Å². The van der Waals surface area contributed by atoms with E-state index in [-0.39, 0.29) is 5.76 Å². The molecule has 0 aliphatic rings. The van der Waals surface area contributed by atoms with Crippen LogP contribution in [0.4, 0.5) is 0 Å². The zero-order valence-corrected chi connectivity index (χ0v) is 11.2. The van der Waals surface area contributed by atoms with Gasteiger partial charge in [-0.1, -0.05) is 0 Å². The van der Waals surface area contributed by atoms with Crippen molar-refractivity contribution in [3.05, 3.63) is 44.4 Å². The first kappa shape index (κ1) is 12.3. The van der Waals surface area contributed by atoms with Crippen molar-refractivity contribution in [1.29, 1.82) is 0 Å². The topological polar surface area (TPSA) is 62.5 Å². The van der Waals surface area contributed by atoms with Gasteiger partial charge in [0.05, 0.1) is 6.26 Å². The maximum absolute atomic E-state index is 10.8. The number of aromatic carboxylic acids is 1. The van der Waals surface area contributed by atoms with Crippen molar-refractivity contribution >= 4 is 33.2 Å². The number of rotatable bonds is 5. The first-order valence-electron chi connectivity index (χ1n) is 4.90. The van der Waals surface area contributed by atoms with Crippen LogP contribution in [-0.4, -0.2) is 11.1 Å². The molecule has 0 spiro atoms. The number of carbonyl (C=O) groups is 1. The van der Waals surface area contributed by atoms with Gasteiger partial charge in [-0.05, 0) is 28.1 Å². The Morgan fingerprint density at radius 2 is 2.35 bits per heavy atom. The van der Waals surface area contributed by atoms with Gasteiger partial charge in [-0.25, -0.2) is 4.79 Å². The van der Waals surface area contributed by atoms with E-state index in [9.17, 15) is 4.79 Å². The van der Waals surface area contributed by atoms with Crippen molar-refractivity contribution < 1.29 is 14.3 Å². The van der Waals surface area contributed by atoms with Crippen LogP contribution in [0.3, 0.4) is 0 Å². The molecule has 0 saturated heterocycles. The molecular weight excluding hydrogens is 306 g/mol. The zero-order chi connectivity index (χ0) is 12.3. The average molecular weight is 316 g/mol. The lowest BCUT2D eigenvalue weighted by Gasteiger charge is -2.01. The molecule has 0 fully saturated rings. The molecule has 0 saturated carbocycles. The third-order valence-corrected chi connectivity index (χ3v) is 3.88. The highest BCUT2D eigenvalue weighted by atomic mass is 79.9. The van der Waals surface area contributed by atoms with Crippen LogP contribution in [0, 0.1) is 0 Å². The zero-order valence-electron chi connectivity index (χ0n) is 8.77. The molecule has 17 heavy (non-hydrogen) atoms. The van der Waals surface area contributed by atoms with E-state index in [2.05, 4.69) is 21.2 Å². The quantitative estimate of drug-likeness (QED) is 0.890. The van der Waals surface area contributed by atoms with Crippen LogP contribution in [0.5, 0.6) is 0 Å². The molecule has 2 aromatic heterocycles. The summed E-state index contributed by atoms with van der Waals surface area (Å²) in [4.78, 5) is 12.0. The summed E-state index contributed by atoms with van der Waals surface area (Å²) in [5.41, 5.74) is 0.660. The molecule has 2 N–H and O–H groups in total. The van der Waals surface area contributed by atoms with E-state index in [0.717, 1.165) is 4.47 Å². The average Bonchev–Trinajstić information content (AvgIpc) is 2.87. The van der Waals surface area contributed by atoms with Gasteiger partial charge in [-0.2, -0.15) is 0 Å². The van der Waals surface area contributed by atoms with Crippen molar-refractivity contribution in [2.75, 3.05) is 0 Å². The molecule has 0 atom stereocenters. The Hall–Kier alpha value is -1.11. The highest BCUT2D eigenvalue weighted by molar-refractivity contribution is 9.10. The van der Waals surface area contributed by atoms with Gasteiger partial charge in [0.15, 0.2) is 0 Å². The fourth-order valence-corrected chi connectivity index (χ4v) is 2.85. The van der Waals surface area contributed by atoms with Gasteiger partial charge in [0, 0.05) is 33.4 Å². The van der Waals surface area contributed by atoms with Crippen LogP contribution < -0.4 is 5.32 Å². The molecule has 2 heterocycles. The maximum atomic E-state index is 10.8. The van der Waals surface area contributed by atoms with Crippen molar-refractivity contribution in [3.8, 4) is 0 Å². The highest BCUT2D eigenvalue weighted by Gasteiger charge is 2.13. The Labute approximate surface area is 110 Å². The lowest BCUT2D eigenvalue weighted by molar-refractivity contribution is 0.0660. The second kappa shape index (κ2) is 5.48. The van der Waals surface area contributed by atoms with Crippen molar-refractivity contribution in [2.24, 2.45) is 0 Å². The van der Waals surface area contributed by atoms with Crippen molar-refractivity contribution in [2.45, 2.75) is 13.1 Å². The Bertz CT molecular complexity index is 520. The minimum absolute atomic E-state index is 0.00450. The van der Waals surface area contributed by atoms with Crippen molar-refractivity contribution in [1.82, 2.24) is 5.32 Å². The third-order valence-electron chi connectivity index (χ3n) is 2.18. The molecule has 4 nitrogen and oxygen atoms in total. The smallest absolute Gasteiger partial charge is 0.372 e. The molecule has 90 valence electrons. The minimum atomic E-state index is -1.04. The van der Waals surface area contributed by atoms with Crippen LogP contribution in [0.2, 0.25) is 0 Å². The van der Waals surface area contributed by atoms with Gasteiger partial charge in [0.25, 0.3) is 0 Å². The van der Waals surface area contributed by atoms with Crippen molar-refractivity contribution in [3.63, 3.8) is 0 Å². The number of halogens is 1. The summed E-state index contributed by atoms with van der Waals surface area (Å²) in [6, 6.07) is 3.70. The van der Waals surface area contributed by atoms with Crippen LogP contribution in [0.1, 0.15) is 21.0 Å². The lowest BCUT2D eigenvalue weighted by atomic mass is 10.2. The summed E-state index contributed by atoms with van der Waals surface area (Å²) >= 11 is 5.03. The SMILES string of the molecule is O=C(O)c1occc1CNCc1cc(Br)cs1. The van der Waals surface area contributed by atoms with Crippen LogP contribution in [0.15, 0.2) is 32.7 Å². The fourth-order valence-electron chi connectivity index (χ4n) is 1.43. The van der Waals surface area contributed by atoms with E-state index in [0.29, 0.717) is 18.7 Å². The van der Waals surface area contributed by atoms with Gasteiger partial charge in [-0.3, -0.25) is 0 Å². The third kappa shape index (κ3) is 3.18. The van der Waals surface area contributed by atoms with Gasteiger partial charge in [0.1, 0.15) is 0 Å². The first-order valence-corrected chi connectivity index (χ1v) is 6.57. The molecule has 0 aromatic carbocycles. The van der Waals surface area contributed by atoms with Crippen LogP contribution >= 0.6 is 27.3 Å². The molecule has 0 aliphatic carbocycles. The monoisotopic (exact) mass is 315 g/mol. The fraction of sp³-hybridized carbons (Fsp3) is 0.182. The summed E-state index contributed by atoms with van der Waals surface area (Å²) in [6.07, 6.45) is 1.39. The van der Waals surface area contributed by atoms with E-state index in [1.807, 2.05) is 11.4 Å². The Morgan fingerprint density at radius 3 is 3.00 bits per heavy atom. The molecule has 0 radical (unpaired) electrons. The molecule has 2 rings (SSSR count). The van der Waals surface area contributed by atoms with E-state index >= 15 is 0 Å².